The molecule has 0 bridgehead atoms. The van der Waals surface area contributed by atoms with Gasteiger partial charge in [-0.05, 0) is 30.7 Å². The summed E-state index contributed by atoms with van der Waals surface area (Å²) in [4.78, 5) is 18.1. The van der Waals surface area contributed by atoms with Gasteiger partial charge in [-0.25, -0.2) is 4.79 Å². The molecule has 3 rings (SSSR count). The molecular formula is C13H14N2O3S2. The first-order chi connectivity index (χ1) is 9.69. The Hall–Kier alpha value is -1.47. The number of aromatic nitrogens is 1. The van der Waals surface area contributed by atoms with Gasteiger partial charge in [-0.2, -0.15) is 16.7 Å². The Morgan fingerprint density at radius 1 is 1.60 bits per heavy atom. The number of nitrogen functional groups attached to an aromatic ring is 1. The number of oxazole rings is 1. The second-order valence-electron chi connectivity index (χ2n) is 4.31. The largest absolute Gasteiger partial charge is 0.461 e. The number of anilines is 1. The maximum Gasteiger partial charge on any atom is 0.362 e. The van der Waals surface area contributed by atoms with Gasteiger partial charge in [0.2, 0.25) is 17.5 Å². The second kappa shape index (κ2) is 5.49. The number of esters is 1. The fourth-order valence-corrected chi connectivity index (χ4v) is 4.33. The van der Waals surface area contributed by atoms with E-state index in [4.69, 9.17) is 14.9 Å². The van der Waals surface area contributed by atoms with Crippen molar-refractivity contribution in [1.29, 1.82) is 0 Å². The van der Waals surface area contributed by atoms with Gasteiger partial charge < -0.3 is 14.9 Å². The topological polar surface area (TPSA) is 78.3 Å². The summed E-state index contributed by atoms with van der Waals surface area (Å²) in [5, 5.41) is 0. The van der Waals surface area contributed by atoms with E-state index in [2.05, 4.69) is 11.1 Å². The molecule has 2 N–H and O–H groups in total. The van der Waals surface area contributed by atoms with Crippen molar-refractivity contribution in [3.63, 3.8) is 0 Å². The molecule has 5 nitrogen and oxygen atoms in total. The first kappa shape index (κ1) is 13.5. The number of hydrogen-bond acceptors (Lipinski definition) is 7. The monoisotopic (exact) mass is 310 g/mol. The van der Waals surface area contributed by atoms with Gasteiger partial charge in [0.05, 0.1) is 11.5 Å². The molecule has 2 aromatic heterocycles. The van der Waals surface area contributed by atoms with E-state index in [1.807, 2.05) is 11.8 Å². The number of nitrogens with zero attached hydrogens (tertiary/aromatic N) is 1. The van der Waals surface area contributed by atoms with E-state index in [1.165, 1.54) is 10.4 Å². The van der Waals surface area contributed by atoms with Crippen molar-refractivity contribution >= 4 is 35.0 Å². The minimum atomic E-state index is -0.545. The van der Waals surface area contributed by atoms with Gasteiger partial charge in [0.1, 0.15) is 0 Å². The third-order valence-electron chi connectivity index (χ3n) is 2.96. The van der Waals surface area contributed by atoms with Crippen LogP contribution in [0.5, 0.6) is 0 Å². The molecule has 1 aliphatic heterocycles. The number of ether oxygens (including phenoxy) is 1. The first-order valence-corrected chi connectivity index (χ1v) is 8.29. The van der Waals surface area contributed by atoms with Crippen LogP contribution in [0, 0.1) is 0 Å². The van der Waals surface area contributed by atoms with Gasteiger partial charge in [-0.1, -0.05) is 0 Å². The third-order valence-corrected chi connectivity index (χ3v) is 5.19. The highest BCUT2D eigenvalue weighted by atomic mass is 32.2. The molecule has 0 atom stereocenters. The van der Waals surface area contributed by atoms with E-state index < -0.39 is 5.97 Å². The molecule has 0 saturated carbocycles. The average molecular weight is 310 g/mol. The minimum absolute atomic E-state index is 0.0131. The number of carbonyl (C=O) groups is 1. The van der Waals surface area contributed by atoms with E-state index in [0.717, 1.165) is 22.8 Å². The Labute approximate surface area is 124 Å². The van der Waals surface area contributed by atoms with Crippen molar-refractivity contribution in [2.24, 2.45) is 0 Å². The summed E-state index contributed by atoms with van der Waals surface area (Å²) < 4.78 is 10.3. The second-order valence-corrected chi connectivity index (χ2v) is 6.56. The number of carbonyl (C=O) groups excluding carboxylic acids is 1. The molecular weight excluding hydrogens is 296 g/mol. The maximum atomic E-state index is 11.7. The van der Waals surface area contributed by atoms with Crippen molar-refractivity contribution in [1.82, 2.24) is 4.98 Å². The minimum Gasteiger partial charge on any atom is -0.461 e. The molecule has 106 valence electrons. The first-order valence-electron chi connectivity index (χ1n) is 6.32. The molecule has 0 aromatic carbocycles. The zero-order valence-corrected chi connectivity index (χ0v) is 12.6. The number of thioether (sulfide) groups is 1. The van der Waals surface area contributed by atoms with Crippen LogP contribution >= 0.6 is 23.1 Å². The molecule has 1 aliphatic rings. The highest BCUT2D eigenvalue weighted by molar-refractivity contribution is 7.98. The standard InChI is InChI=1S/C13H14N2O3S2/c1-2-17-13(16)10-11(14)18-12(15-10)9-5-7-6-19-4-3-8(7)20-9/h5H,2-4,6,14H2,1H3. The van der Waals surface area contributed by atoms with Crippen LogP contribution in [0.1, 0.15) is 27.9 Å². The molecule has 3 heterocycles. The molecule has 0 saturated heterocycles. The summed E-state index contributed by atoms with van der Waals surface area (Å²) in [6, 6.07) is 2.08. The van der Waals surface area contributed by atoms with E-state index in [0.29, 0.717) is 5.89 Å². The van der Waals surface area contributed by atoms with Crippen LogP contribution in [0.25, 0.3) is 10.8 Å². The zero-order chi connectivity index (χ0) is 14.1. The molecule has 0 amide bonds. The Kier molecular flexibility index (Phi) is 3.71. The van der Waals surface area contributed by atoms with E-state index in [9.17, 15) is 4.79 Å². The summed E-state index contributed by atoms with van der Waals surface area (Å²) >= 11 is 3.58. The molecule has 7 heteroatoms. The molecule has 0 fully saturated rings. The maximum absolute atomic E-state index is 11.7. The lowest BCUT2D eigenvalue weighted by atomic mass is 10.2. The Balaban J connectivity index is 1.92. The number of aryl methyl sites for hydroxylation is 1. The summed E-state index contributed by atoms with van der Waals surface area (Å²) in [6.45, 7) is 2.02. The molecule has 0 spiro atoms. The van der Waals surface area contributed by atoms with Crippen molar-refractivity contribution in [2.45, 2.75) is 19.1 Å². The van der Waals surface area contributed by atoms with Gasteiger partial charge >= 0.3 is 5.97 Å². The Morgan fingerprint density at radius 2 is 2.45 bits per heavy atom. The lowest BCUT2D eigenvalue weighted by Gasteiger charge is -2.08. The van der Waals surface area contributed by atoms with Crippen LogP contribution in [0.3, 0.4) is 0 Å². The molecule has 0 radical (unpaired) electrons. The van der Waals surface area contributed by atoms with Crippen LogP contribution in [0.15, 0.2) is 10.5 Å². The van der Waals surface area contributed by atoms with E-state index >= 15 is 0 Å². The summed E-state index contributed by atoms with van der Waals surface area (Å²) in [5.74, 6) is 2.03. The highest BCUT2D eigenvalue weighted by Crippen LogP contribution is 2.37. The summed E-state index contributed by atoms with van der Waals surface area (Å²) in [6.07, 6.45) is 1.07. The molecule has 20 heavy (non-hydrogen) atoms. The van der Waals surface area contributed by atoms with E-state index in [1.54, 1.807) is 18.3 Å². The molecule has 0 unspecified atom stereocenters. The molecule has 0 aliphatic carbocycles. The van der Waals surface area contributed by atoms with Gasteiger partial charge in [-0.15, -0.1) is 11.3 Å². The van der Waals surface area contributed by atoms with Crippen LogP contribution in [-0.2, 0) is 16.9 Å². The normalized spacial score (nSPS) is 14.1. The van der Waals surface area contributed by atoms with Gasteiger partial charge in [0.25, 0.3) is 0 Å². The number of rotatable bonds is 3. The van der Waals surface area contributed by atoms with Crippen molar-refractivity contribution in [3.8, 4) is 10.8 Å². The number of fused-ring (bicyclic) bond motifs is 1. The fourth-order valence-electron chi connectivity index (χ4n) is 2.04. The van der Waals surface area contributed by atoms with Crippen LogP contribution in [-0.4, -0.2) is 23.3 Å². The van der Waals surface area contributed by atoms with Crippen LogP contribution < -0.4 is 5.73 Å². The van der Waals surface area contributed by atoms with E-state index in [-0.39, 0.29) is 18.2 Å². The Morgan fingerprint density at radius 3 is 3.20 bits per heavy atom. The Bertz CT molecular complexity index is 625. The SMILES string of the molecule is CCOC(=O)c1nc(-c2cc3c(s2)CCSC3)oc1N. The molecule has 2 aromatic rings. The smallest absolute Gasteiger partial charge is 0.362 e. The van der Waals surface area contributed by atoms with Gasteiger partial charge in [0.15, 0.2) is 0 Å². The summed E-state index contributed by atoms with van der Waals surface area (Å²) in [7, 11) is 0. The van der Waals surface area contributed by atoms with Gasteiger partial charge in [0, 0.05) is 10.6 Å². The van der Waals surface area contributed by atoms with Crippen molar-refractivity contribution < 1.29 is 13.9 Å². The predicted molar refractivity (Wildman–Crippen MR) is 80.1 cm³/mol. The lowest BCUT2D eigenvalue weighted by Crippen LogP contribution is -2.07. The van der Waals surface area contributed by atoms with Crippen LogP contribution in [0.2, 0.25) is 0 Å². The quantitative estimate of drug-likeness (QED) is 0.878. The average Bonchev–Trinajstić information content (AvgIpc) is 3.02. The predicted octanol–water partition coefficient (Wildman–Crippen LogP) is 2.95. The van der Waals surface area contributed by atoms with Crippen molar-refractivity contribution in [2.75, 3.05) is 18.1 Å². The number of nitrogens with two attached hydrogens (primary N) is 1. The zero-order valence-electron chi connectivity index (χ0n) is 11.0. The summed E-state index contributed by atoms with van der Waals surface area (Å²) in [5.41, 5.74) is 7.09. The van der Waals surface area contributed by atoms with Crippen LogP contribution in [0.4, 0.5) is 5.88 Å². The van der Waals surface area contributed by atoms with Crippen molar-refractivity contribution in [3.05, 3.63) is 22.2 Å². The fraction of sp³-hybridized carbons (Fsp3) is 0.385. The third kappa shape index (κ3) is 2.43. The highest BCUT2D eigenvalue weighted by Gasteiger charge is 2.22. The van der Waals surface area contributed by atoms with Gasteiger partial charge in [-0.3, -0.25) is 0 Å². The number of thiophene rings is 1. The lowest BCUT2D eigenvalue weighted by molar-refractivity contribution is 0.0521. The number of hydrogen-bond donors (Lipinski definition) is 1.